The molecule has 3 aliphatic rings. The Morgan fingerprint density at radius 1 is 1.11 bits per heavy atom. The van der Waals surface area contributed by atoms with Gasteiger partial charge in [0.25, 0.3) is 0 Å². The number of nitrogens with one attached hydrogen (secondary N) is 1. The van der Waals surface area contributed by atoms with Gasteiger partial charge in [-0.15, -0.1) is 5.10 Å². The molecule has 37 heavy (non-hydrogen) atoms. The number of hydrogen-bond acceptors (Lipinski definition) is 9. The van der Waals surface area contributed by atoms with E-state index in [9.17, 15) is 4.79 Å². The van der Waals surface area contributed by atoms with E-state index < -0.39 is 0 Å². The summed E-state index contributed by atoms with van der Waals surface area (Å²) in [6, 6.07) is 11.5. The molecule has 3 atom stereocenters. The number of ketones is 1. The monoisotopic (exact) mass is 503 g/mol. The molecule has 6 rings (SSSR count). The number of Topliss-reactive ketones (excluding diaryl/α,β-unsaturated/α-hetero) is 1. The number of nitrogen functional groups attached to an aromatic ring is 1. The molecule has 0 spiro atoms. The number of hydrogen-bond donors (Lipinski definition) is 2. The first kappa shape index (κ1) is 23.2. The Hall–Kier alpha value is -4.21. The van der Waals surface area contributed by atoms with E-state index in [0.29, 0.717) is 36.7 Å². The van der Waals surface area contributed by atoms with E-state index in [1.807, 2.05) is 36.4 Å². The zero-order chi connectivity index (χ0) is 25.7. The summed E-state index contributed by atoms with van der Waals surface area (Å²) in [6.45, 7) is 2.36. The molecule has 3 N–H and O–H groups in total. The van der Waals surface area contributed by atoms with Crippen LogP contribution >= 0.6 is 0 Å². The summed E-state index contributed by atoms with van der Waals surface area (Å²) >= 11 is 0. The van der Waals surface area contributed by atoms with Crippen LogP contribution in [0.15, 0.2) is 47.7 Å². The van der Waals surface area contributed by atoms with Crippen molar-refractivity contribution in [3.8, 4) is 23.0 Å². The van der Waals surface area contributed by atoms with E-state index >= 15 is 0 Å². The molecule has 0 saturated carbocycles. The third-order valence-electron chi connectivity index (χ3n) is 7.39. The molecule has 0 radical (unpaired) electrons. The number of benzene rings is 2. The van der Waals surface area contributed by atoms with Crippen molar-refractivity contribution in [3.63, 3.8) is 0 Å². The van der Waals surface area contributed by atoms with Crippen molar-refractivity contribution in [2.45, 2.75) is 38.1 Å². The van der Waals surface area contributed by atoms with Crippen molar-refractivity contribution in [2.75, 3.05) is 32.1 Å². The van der Waals surface area contributed by atoms with E-state index in [4.69, 9.17) is 24.7 Å². The van der Waals surface area contributed by atoms with E-state index in [1.54, 1.807) is 18.9 Å². The van der Waals surface area contributed by atoms with Crippen LogP contribution in [0.5, 0.6) is 23.0 Å². The second kappa shape index (κ2) is 9.02. The van der Waals surface area contributed by atoms with Crippen molar-refractivity contribution in [2.24, 2.45) is 5.92 Å². The zero-order valence-electron chi connectivity index (χ0n) is 21.0. The molecule has 3 aromatic rings. The van der Waals surface area contributed by atoms with Crippen LogP contribution in [0.25, 0.3) is 0 Å². The molecule has 1 aromatic heterocycles. The Bertz CT molecular complexity index is 1410. The highest BCUT2D eigenvalue weighted by atomic mass is 16.7. The SMILES string of the molecule is COc1ccc([C@@H]2CC(=O)C3=C(C2)Nc2nc(N)nn2[C@@H]3[C@H](C)Cc2ccc3c(c2)OCO3)cc1OC. The van der Waals surface area contributed by atoms with Gasteiger partial charge in [-0.1, -0.05) is 19.1 Å². The van der Waals surface area contributed by atoms with Gasteiger partial charge in [-0.05, 0) is 60.1 Å². The molecule has 0 saturated heterocycles. The van der Waals surface area contributed by atoms with Crippen LogP contribution in [0.1, 0.15) is 42.9 Å². The van der Waals surface area contributed by atoms with E-state index in [2.05, 4.69) is 22.3 Å². The van der Waals surface area contributed by atoms with Gasteiger partial charge in [0, 0.05) is 17.7 Å². The van der Waals surface area contributed by atoms with Crippen LogP contribution in [-0.2, 0) is 11.2 Å². The highest BCUT2D eigenvalue weighted by molar-refractivity contribution is 5.99. The lowest BCUT2D eigenvalue weighted by Gasteiger charge is -2.37. The standard InChI is InChI=1S/C27H29N5O5/c1-14(8-15-4-6-21-23(9-15)37-13-36-21)25-24-18(29-27-30-26(28)31-32(25)27)10-17(11-19(24)33)16-5-7-20(34-2)22(12-16)35-3/h4-7,9,12,14,17,25H,8,10-11,13H2,1-3H3,(H3,28,29,30,31)/t14-,17+,25-/m1/s1. The first-order valence-electron chi connectivity index (χ1n) is 12.3. The molecular formula is C27H29N5O5. The van der Waals surface area contributed by atoms with E-state index in [0.717, 1.165) is 33.9 Å². The fraction of sp³-hybridized carbons (Fsp3) is 0.370. The Morgan fingerprint density at radius 3 is 2.73 bits per heavy atom. The number of methoxy groups -OCH3 is 2. The number of fused-ring (bicyclic) bond motifs is 2. The summed E-state index contributed by atoms with van der Waals surface area (Å²) in [7, 11) is 3.22. The van der Waals surface area contributed by atoms with Gasteiger partial charge >= 0.3 is 0 Å². The Balaban J connectivity index is 1.33. The number of ether oxygens (including phenoxy) is 4. The number of nitrogens with zero attached hydrogens (tertiary/aromatic N) is 3. The molecule has 0 unspecified atom stereocenters. The maximum atomic E-state index is 13.7. The number of carbonyl (C=O) groups is 1. The lowest BCUT2D eigenvalue weighted by molar-refractivity contribution is -0.117. The molecule has 10 heteroatoms. The first-order valence-corrected chi connectivity index (χ1v) is 12.3. The average molecular weight is 504 g/mol. The molecule has 1 aliphatic carbocycles. The maximum Gasteiger partial charge on any atom is 0.241 e. The lowest BCUT2D eigenvalue weighted by Crippen LogP contribution is -2.36. The molecule has 10 nitrogen and oxygen atoms in total. The van der Waals surface area contributed by atoms with Crippen LogP contribution < -0.4 is 30.0 Å². The van der Waals surface area contributed by atoms with Gasteiger partial charge in [0.05, 0.1) is 20.3 Å². The van der Waals surface area contributed by atoms with Gasteiger partial charge in [0.2, 0.25) is 18.7 Å². The number of anilines is 2. The van der Waals surface area contributed by atoms with Crippen molar-refractivity contribution in [1.29, 1.82) is 0 Å². The smallest absolute Gasteiger partial charge is 0.241 e. The Kier molecular flexibility index (Phi) is 5.66. The summed E-state index contributed by atoms with van der Waals surface area (Å²) in [6.07, 6.45) is 1.77. The van der Waals surface area contributed by atoms with Crippen molar-refractivity contribution < 1.29 is 23.7 Å². The van der Waals surface area contributed by atoms with Gasteiger partial charge in [-0.3, -0.25) is 4.79 Å². The first-order chi connectivity index (χ1) is 17.9. The van der Waals surface area contributed by atoms with Crippen LogP contribution in [0, 0.1) is 5.92 Å². The minimum absolute atomic E-state index is 0.00445. The second-order valence-electron chi connectivity index (χ2n) is 9.71. The van der Waals surface area contributed by atoms with Crippen LogP contribution in [0.2, 0.25) is 0 Å². The Labute approximate surface area is 214 Å². The molecular weight excluding hydrogens is 474 g/mol. The highest BCUT2D eigenvalue weighted by Crippen LogP contribution is 2.46. The topological polar surface area (TPSA) is 123 Å². The van der Waals surface area contributed by atoms with Crippen LogP contribution in [0.4, 0.5) is 11.9 Å². The summed E-state index contributed by atoms with van der Waals surface area (Å²) in [4.78, 5) is 18.1. The lowest BCUT2D eigenvalue weighted by atomic mass is 9.76. The summed E-state index contributed by atoms with van der Waals surface area (Å²) in [5.74, 6) is 3.65. The number of aromatic nitrogens is 3. The van der Waals surface area contributed by atoms with Crippen LogP contribution in [0.3, 0.4) is 0 Å². The molecule has 2 aromatic carbocycles. The number of allylic oxidation sites excluding steroid dienone is 2. The fourth-order valence-corrected chi connectivity index (χ4v) is 5.69. The van der Waals surface area contributed by atoms with Crippen LogP contribution in [-0.4, -0.2) is 41.6 Å². The number of rotatable bonds is 6. The third-order valence-corrected chi connectivity index (χ3v) is 7.39. The van der Waals surface area contributed by atoms with E-state index in [1.165, 1.54) is 0 Å². The number of nitrogens with two attached hydrogens (primary N) is 1. The summed E-state index contributed by atoms with van der Waals surface area (Å²) < 4.78 is 23.6. The quantitative estimate of drug-likeness (QED) is 0.516. The summed E-state index contributed by atoms with van der Waals surface area (Å²) in [5.41, 5.74) is 9.74. The molecule has 192 valence electrons. The van der Waals surface area contributed by atoms with Crippen molar-refractivity contribution in [1.82, 2.24) is 14.8 Å². The van der Waals surface area contributed by atoms with E-state index in [-0.39, 0.29) is 36.4 Å². The van der Waals surface area contributed by atoms with Crippen molar-refractivity contribution in [3.05, 3.63) is 58.8 Å². The van der Waals surface area contributed by atoms with Gasteiger partial charge < -0.3 is 30.0 Å². The fourth-order valence-electron chi connectivity index (χ4n) is 5.69. The highest BCUT2D eigenvalue weighted by Gasteiger charge is 2.41. The molecule has 0 fully saturated rings. The van der Waals surface area contributed by atoms with Gasteiger partial charge in [0.15, 0.2) is 28.8 Å². The van der Waals surface area contributed by atoms with Gasteiger partial charge in [-0.25, -0.2) is 4.68 Å². The normalized spacial score (nSPS) is 20.7. The molecule has 3 heterocycles. The van der Waals surface area contributed by atoms with Gasteiger partial charge in [0.1, 0.15) is 0 Å². The largest absolute Gasteiger partial charge is 0.493 e. The predicted octanol–water partition coefficient (Wildman–Crippen LogP) is 3.85. The molecule has 2 aliphatic heterocycles. The number of carbonyl (C=O) groups excluding carboxylic acids is 1. The molecule has 0 amide bonds. The minimum atomic E-state index is -0.291. The third kappa shape index (κ3) is 4.02. The predicted molar refractivity (Wildman–Crippen MR) is 136 cm³/mol. The molecule has 0 bridgehead atoms. The zero-order valence-corrected chi connectivity index (χ0v) is 21.0. The average Bonchev–Trinajstić information content (AvgIpc) is 3.51. The van der Waals surface area contributed by atoms with Crippen molar-refractivity contribution >= 4 is 17.7 Å². The second-order valence-corrected chi connectivity index (χ2v) is 9.71. The van der Waals surface area contributed by atoms with Gasteiger partial charge in [-0.2, -0.15) is 4.98 Å². The minimum Gasteiger partial charge on any atom is -0.493 e. The Morgan fingerprint density at radius 2 is 1.92 bits per heavy atom. The maximum absolute atomic E-state index is 13.7. The summed E-state index contributed by atoms with van der Waals surface area (Å²) in [5, 5.41) is 7.82.